The van der Waals surface area contributed by atoms with Crippen molar-refractivity contribution in [3.63, 3.8) is 0 Å². The van der Waals surface area contributed by atoms with Gasteiger partial charge in [0, 0.05) is 12.4 Å². The summed E-state index contributed by atoms with van der Waals surface area (Å²) in [4.78, 5) is 20.3. The van der Waals surface area contributed by atoms with Gasteiger partial charge in [-0.15, -0.1) is 0 Å². The Morgan fingerprint density at radius 1 is 1.11 bits per heavy atom. The van der Waals surface area contributed by atoms with Gasteiger partial charge in [0.1, 0.15) is 5.25 Å². The lowest BCUT2D eigenvalue weighted by molar-refractivity contribution is -0.118. The van der Waals surface area contributed by atoms with E-state index in [1.165, 1.54) is 11.8 Å². The molecule has 4 nitrogen and oxygen atoms in total. The van der Waals surface area contributed by atoms with Gasteiger partial charge >= 0.3 is 0 Å². The molecular weight excluding hydrogens is 258 g/mol. The summed E-state index contributed by atoms with van der Waals surface area (Å²) in [7, 11) is 0. The summed E-state index contributed by atoms with van der Waals surface area (Å²) in [5.74, 6) is -0.0241. The van der Waals surface area contributed by atoms with Gasteiger partial charge in [-0.1, -0.05) is 42.1 Å². The van der Waals surface area contributed by atoms with E-state index in [1.54, 1.807) is 24.5 Å². The molecule has 1 fully saturated rings. The van der Waals surface area contributed by atoms with Gasteiger partial charge in [-0.2, -0.15) is 0 Å². The van der Waals surface area contributed by atoms with Gasteiger partial charge in [0.05, 0.1) is 5.69 Å². The average molecular weight is 269 g/mol. The molecule has 94 valence electrons. The lowest BCUT2D eigenvalue weighted by atomic mass is 10.1. The molecule has 19 heavy (non-hydrogen) atoms. The molecule has 1 N–H and O–H groups in total. The molecule has 1 amide bonds. The molecular formula is C14H11N3OS. The smallest absolute Gasteiger partial charge is 0.244 e. The number of carbonyl (C=O) groups excluding carboxylic acids is 1. The molecule has 2 aromatic rings. The average Bonchev–Trinajstić information content (AvgIpc) is 2.82. The topological polar surface area (TPSA) is 54.4 Å². The monoisotopic (exact) mass is 269 g/mol. The van der Waals surface area contributed by atoms with Crippen LogP contribution in [0.1, 0.15) is 10.8 Å². The third kappa shape index (κ3) is 2.66. The van der Waals surface area contributed by atoms with Crippen molar-refractivity contribution < 1.29 is 4.79 Å². The molecule has 0 bridgehead atoms. The fourth-order valence-corrected chi connectivity index (χ4v) is 2.80. The van der Waals surface area contributed by atoms with Crippen LogP contribution in [0.15, 0.2) is 59.9 Å². The Morgan fingerprint density at radius 2 is 1.84 bits per heavy atom. The van der Waals surface area contributed by atoms with Crippen molar-refractivity contribution in [1.29, 1.82) is 0 Å². The van der Waals surface area contributed by atoms with Gasteiger partial charge in [0.2, 0.25) is 5.91 Å². The van der Waals surface area contributed by atoms with E-state index >= 15 is 0 Å². The number of aromatic nitrogens is 1. The molecule has 0 spiro atoms. The first-order chi connectivity index (χ1) is 9.33. The number of thioether (sulfide) groups is 1. The van der Waals surface area contributed by atoms with Crippen molar-refractivity contribution in [2.45, 2.75) is 5.25 Å². The second-order valence-corrected chi connectivity index (χ2v) is 5.11. The van der Waals surface area contributed by atoms with Crippen molar-refractivity contribution in [3.05, 3.63) is 60.4 Å². The number of pyridine rings is 1. The van der Waals surface area contributed by atoms with Gasteiger partial charge in [0.25, 0.3) is 0 Å². The molecule has 5 heteroatoms. The van der Waals surface area contributed by atoms with E-state index in [-0.39, 0.29) is 11.2 Å². The van der Waals surface area contributed by atoms with Gasteiger partial charge in [0.15, 0.2) is 5.17 Å². The molecule has 1 atom stereocenters. The minimum atomic E-state index is -0.221. The van der Waals surface area contributed by atoms with Crippen molar-refractivity contribution in [2.24, 2.45) is 4.99 Å². The second-order valence-electron chi connectivity index (χ2n) is 4.02. The zero-order valence-corrected chi connectivity index (χ0v) is 10.8. The predicted molar refractivity (Wildman–Crippen MR) is 76.2 cm³/mol. The SMILES string of the molecule is O=C1NC(=Nc2ccncc2)SC1c1ccccc1. The first kappa shape index (κ1) is 11.9. The zero-order valence-electron chi connectivity index (χ0n) is 9.98. The predicted octanol–water partition coefficient (Wildman–Crippen LogP) is 2.67. The van der Waals surface area contributed by atoms with Gasteiger partial charge in [-0.25, -0.2) is 4.99 Å². The Hall–Kier alpha value is -2.14. The largest absolute Gasteiger partial charge is 0.304 e. The summed E-state index contributed by atoms with van der Waals surface area (Å²) < 4.78 is 0. The highest BCUT2D eigenvalue weighted by Crippen LogP contribution is 2.34. The lowest BCUT2D eigenvalue weighted by Crippen LogP contribution is -2.21. The summed E-state index contributed by atoms with van der Waals surface area (Å²) in [6.45, 7) is 0. The van der Waals surface area contributed by atoms with E-state index in [0.717, 1.165) is 11.3 Å². The van der Waals surface area contributed by atoms with E-state index in [2.05, 4.69) is 15.3 Å². The number of nitrogens with zero attached hydrogens (tertiary/aromatic N) is 2. The number of amidine groups is 1. The number of amides is 1. The number of benzene rings is 1. The van der Waals surface area contributed by atoms with Crippen LogP contribution < -0.4 is 5.32 Å². The Bertz CT molecular complexity index is 613. The van der Waals surface area contributed by atoms with Crippen LogP contribution in [0.2, 0.25) is 0 Å². The Labute approximate surface area is 115 Å². The molecule has 1 aliphatic heterocycles. The Morgan fingerprint density at radius 3 is 2.58 bits per heavy atom. The van der Waals surface area contributed by atoms with E-state index < -0.39 is 0 Å². The number of hydrogen-bond acceptors (Lipinski definition) is 4. The van der Waals surface area contributed by atoms with Crippen LogP contribution in [0.25, 0.3) is 0 Å². The fraction of sp³-hybridized carbons (Fsp3) is 0.0714. The highest BCUT2D eigenvalue weighted by Gasteiger charge is 2.31. The molecule has 1 aromatic heterocycles. The van der Waals surface area contributed by atoms with Crippen LogP contribution in [0.5, 0.6) is 0 Å². The first-order valence-electron chi connectivity index (χ1n) is 5.84. The Kier molecular flexibility index (Phi) is 3.29. The summed E-state index contributed by atoms with van der Waals surface area (Å²) in [5.41, 5.74) is 1.77. The summed E-state index contributed by atoms with van der Waals surface area (Å²) in [6, 6.07) is 13.3. The van der Waals surface area contributed by atoms with Crippen LogP contribution in [0.3, 0.4) is 0 Å². The molecule has 1 saturated heterocycles. The normalized spacial score (nSPS) is 20.5. The third-order valence-electron chi connectivity index (χ3n) is 2.69. The number of rotatable bonds is 2. The summed E-state index contributed by atoms with van der Waals surface area (Å²) in [6.07, 6.45) is 3.35. The Balaban J connectivity index is 1.83. The molecule has 0 saturated carbocycles. The van der Waals surface area contributed by atoms with Gasteiger partial charge in [-0.05, 0) is 17.7 Å². The van der Waals surface area contributed by atoms with Crippen molar-refractivity contribution >= 4 is 28.5 Å². The maximum Gasteiger partial charge on any atom is 0.244 e. The number of aliphatic imine (C=N–C) groups is 1. The van der Waals surface area contributed by atoms with Crippen LogP contribution in [0, 0.1) is 0 Å². The minimum absolute atomic E-state index is 0.0241. The highest BCUT2D eigenvalue weighted by molar-refractivity contribution is 8.15. The molecule has 1 aromatic carbocycles. The molecule has 0 aliphatic carbocycles. The maximum atomic E-state index is 12.0. The molecule has 3 rings (SSSR count). The third-order valence-corrected chi connectivity index (χ3v) is 3.83. The molecule has 1 unspecified atom stereocenters. The van der Waals surface area contributed by atoms with Crippen molar-refractivity contribution in [2.75, 3.05) is 0 Å². The standard InChI is InChI=1S/C14H11N3OS/c18-13-12(10-4-2-1-3-5-10)19-14(17-13)16-11-6-8-15-9-7-11/h1-9,12H,(H,15,16,17,18). The quantitative estimate of drug-likeness (QED) is 0.912. The van der Waals surface area contributed by atoms with E-state index in [4.69, 9.17) is 0 Å². The number of hydrogen-bond donors (Lipinski definition) is 1. The van der Waals surface area contributed by atoms with Crippen LogP contribution in [-0.2, 0) is 4.79 Å². The second kappa shape index (κ2) is 5.24. The number of carbonyl (C=O) groups is 1. The van der Waals surface area contributed by atoms with Crippen LogP contribution >= 0.6 is 11.8 Å². The van der Waals surface area contributed by atoms with E-state index in [9.17, 15) is 4.79 Å². The van der Waals surface area contributed by atoms with E-state index in [1.807, 2.05) is 30.3 Å². The molecule has 2 heterocycles. The summed E-state index contributed by atoms with van der Waals surface area (Å²) in [5, 5.41) is 3.21. The van der Waals surface area contributed by atoms with Gasteiger partial charge in [-0.3, -0.25) is 9.78 Å². The maximum absolute atomic E-state index is 12.0. The fourth-order valence-electron chi connectivity index (χ4n) is 1.80. The van der Waals surface area contributed by atoms with Gasteiger partial charge < -0.3 is 5.32 Å². The van der Waals surface area contributed by atoms with Crippen molar-refractivity contribution in [1.82, 2.24) is 10.3 Å². The molecule has 0 radical (unpaired) electrons. The lowest BCUT2D eigenvalue weighted by Gasteiger charge is -2.03. The summed E-state index contributed by atoms with van der Waals surface area (Å²) >= 11 is 1.44. The van der Waals surface area contributed by atoms with Crippen LogP contribution in [-0.4, -0.2) is 16.1 Å². The molecule has 1 aliphatic rings. The van der Waals surface area contributed by atoms with Crippen LogP contribution in [0.4, 0.5) is 5.69 Å². The van der Waals surface area contributed by atoms with Crippen molar-refractivity contribution in [3.8, 4) is 0 Å². The highest BCUT2D eigenvalue weighted by atomic mass is 32.2. The first-order valence-corrected chi connectivity index (χ1v) is 6.72. The van der Waals surface area contributed by atoms with E-state index in [0.29, 0.717) is 5.17 Å². The number of nitrogens with one attached hydrogen (secondary N) is 1. The zero-order chi connectivity index (χ0) is 13.1. The minimum Gasteiger partial charge on any atom is -0.304 e.